The Kier molecular flexibility index (Phi) is 6.49. The Bertz CT molecular complexity index is 1130. The SMILES string of the molecule is COc1ccccc1[C@@H]1C(C#N)=C(N)Oc2cc(C)n(CCC[NH+]3CCOCC3)c(=O)c21. The highest BCUT2D eigenvalue weighted by atomic mass is 16.5. The Balaban J connectivity index is 1.73. The van der Waals surface area contributed by atoms with Crippen LogP contribution in [0, 0.1) is 18.3 Å². The Hall–Kier alpha value is -3.28. The van der Waals surface area contributed by atoms with E-state index in [0.717, 1.165) is 45.0 Å². The number of nitrogens with two attached hydrogens (primary N) is 1. The van der Waals surface area contributed by atoms with Crippen molar-refractivity contribution in [2.24, 2.45) is 5.73 Å². The number of hydrogen-bond acceptors (Lipinski definition) is 6. The average molecular weight is 438 g/mol. The smallest absolute Gasteiger partial charge is 0.258 e. The normalized spacial score (nSPS) is 18.6. The third kappa shape index (κ3) is 4.09. The molecular weight excluding hydrogens is 408 g/mol. The molecule has 32 heavy (non-hydrogen) atoms. The van der Waals surface area contributed by atoms with Crippen molar-refractivity contribution in [1.82, 2.24) is 4.57 Å². The molecule has 1 aromatic heterocycles. The molecular formula is C24H29N4O4+. The Labute approximate surface area is 187 Å². The quantitative estimate of drug-likeness (QED) is 0.689. The number of methoxy groups -OCH3 is 1. The van der Waals surface area contributed by atoms with Crippen LogP contribution in [0.4, 0.5) is 0 Å². The van der Waals surface area contributed by atoms with Gasteiger partial charge >= 0.3 is 0 Å². The molecule has 2 aliphatic heterocycles. The molecule has 8 nitrogen and oxygen atoms in total. The summed E-state index contributed by atoms with van der Waals surface area (Å²) in [5, 5.41) is 9.85. The van der Waals surface area contributed by atoms with Crippen molar-refractivity contribution < 1.29 is 19.1 Å². The van der Waals surface area contributed by atoms with Gasteiger partial charge in [-0.3, -0.25) is 4.79 Å². The number of aryl methyl sites for hydroxylation is 1. The first kappa shape index (κ1) is 21.9. The summed E-state index contributed by atoms with van der Waals surface area (Å²) in [4.78, 5) is 15.2. The molecule has 4 rings (SSSR count). The first-order chi connectivity index (χ1) is 15.5. The van der Waals surface area contributed by atoms with Crippen LogP contribution in [-0.2, 0) is 11.3 Å². The number of nitrogens with one attached hydrogen (secondary N) is 1. The summed E-state index contributed by atoms with van der Waals surface area (Å²) in [6, 6.07) is 11.4. The summed E-state index contributed by atoms with van der Waals surface area (Å²) in [5.41, 5.74) is 8.09. The first-order valence-electron chi connectivity index (χ1n) is 10.9. The van der Waals surface area contributed by atoms with Crippen LogP contribution in [-0.4, -0.2) is 44.5 Å². The van der Waals surface area contributed by atoms with E-state index >= 15 is 0 Å². The van der Waals surface area contributed by atoms with Crippen LogP contribution in [0.5, 0.6) is 11.5 Å². The number of para-hydroxylation sites is 1. The zero-order valence-electron chi connectivity index (χ0n) is 18.5. The van der Waals surface area contributed by atoms with E-state index in [1.165, 1.54) is 4.90 Å². The molecule has 3 N–H and O–H groups in total. The molecule has 1 aromatic carbocycles. The zero-order valence-corrected chi connectivity index (χ0v) is 18.5. The lowest BCUT2D eigenvalue weighted by atomic mass is 9.83. The zero-order chi connectivity index (χ0) is 22.7. The standard InChI is InChI=1S/C24H28N4O4/c1-16-14-20-22(24(29)28(16)9-5-8-27-10-12-31-13-11-27)21(18(15-25)23(26)32-20)17-6-3-4-7-19(17)30-2/h3-4,6-7,14,21H,5,8-13,26H2,1-2H3/p+1/t21-/m1/s1. The number of quaternary nitrogens is 1. The van der Waals surface area contributed by atoms with E-state index in [2.05, 4.69) is 6.07 Å². The van der Waals surface area contributed by atoms with E-state index in [1.807, 2.05) is 37.3 Å². The number of pyridine rings is 1. The van der Waals surface area contributed by atoms with Gasteiger partial charge in [0.2, 0.25) is 5.88 Å². The maximum Gasteiger partial charge on any atom is 0.258 e. The molecule has 2 aromatic rings. The van der Waals surface area contributed by atoms with Gasteiger partial charge in [-0.1, -0.05) is 18.2 Å². The molecule has 168 valence electrons. The molecule has 0 aliphatic carbocycles. The lowest BCUT2D eigenvalue weighted by Crippen LogP contribution is -3.14. The van der Waals surface area contributed by atoms with Gasteiger partial charge in [-0.25, -0.2) is 0 Å². The summed E-state index contributed by atoms with van der Waals surface area (Å²) in [7, 11) is 1.57. The van der Waals surface area contributed by atoms with E-state index in [-0.39, 0.29) is 17.0 Å². The summed E-state index contributed by atoms with van der Waals surface area (Å²) >= 11 is 0. The molecule has 0 radical (unpaired) electrons. The molecule has 0 bridgehead atoms. The van der Waals surface area contributed by atoms with Crippen LogP contribution < -0.4 is 25.7 Å². The molecule has 8 heteroatoms. The maximum atomic E-state index is 13.7. The second-order valence-electron chi connectivity index (χ2n) is 8.15. The monoisotopic (exact) mass is 437 g/mol. The van der Waals surface area contributed by atoms with Crippen molar-refractivity contribution in [2.75, 3.05) is 40.0 Å². The number of nitrogens with zero attached hydrogens (tertiary/aromatic N) is 2. The van der Waals surface area contributed by atoms with Crippen molar-refractivity contribution >= 4 is 0 Å². The minimum Gasteiger partial charge on any atom is -0.496 e. The molecule has 0 unspecified atom stereocenters. The molecule has 3 heterocycles. The van der Waals surface area contributed by atoms with Gasteiger partial charge in [0.05, 0.1) is 38.3 Å². The second kappa shape index (κ2) is 9.47. The van der Waals surface area contributed by atoms with Crippen molar-refractivity contribution in [1.29, 1.82) is 5.26 Å². The highest BCUT2D eigenvalue weighted by molar-refractivity contribution is 5.58. The lowest BCUT2D eigenvalue weighted by Gasteiger charge is -2.28. The Morgan fingerprint density at radius 1 is 1.31 bits per heavy atom. The van der Waals surface area contributed by atoms with Gasteiger partial charge in [0.1, 0.15) is 36.2 Å². The number of aromatic nitrogens is 1. The van der Waals surface area contributed by atoms with E-state index in [1.54, 1.807) is 11.7 Å². The number of morpholine rings is 1. The molecule has 0 amide bonds. The van der Waals surface area contributed by atoms with Gasteiger partial charge in [-0.2, -0.15) is 5.26 Å². The minimum atomic E-state index is -0.649. The van der Waals surface area contributed by atoms with E-state index in [0.29, 0.717) is 29.2 Å². The van der Waals surface area contributed by atoms with E-state index in [9.17, 15) is 10.1 Å². The van der Waals surface area contributed by atoms with Crippen LogP contribution in [0.2, 0.25) is 0 Å². The van der Waals surface area contributed by atoms with Crippen molar-refractivity contribution in [3.8, 4) is 17.6 Å². The van der Waals surface area contributed by atoms with Gasteiger partial charge in [-0.05, 0) is 13.0 Å². The number of hydrogen-bond donors (Lipinski definition) is 2. The lowest BCUT2D eigenvalue weighted by molar-refractivity contribution is -0.908. The fourth-order valence-electron chi connectivity index (χ4n) is 4.58. The predicted molar refractivity (Wildman–Crippen MR) is 119 cm³/mol. The number of fused-ring (bicyclic) bond motifs is 1. The average Bonchev–Trinajstić information content (AvgIpc) is 2.81. The van der Waals surface area contributed by atoms with Gasteiger partial charge in [0.25, 0.3) is 5.56 Å². The summed E-state index contributed by atoms with van der Waals surface area (Å²) in [6.45, 7) is 7.04. The van der Waals surface area contributed by atoms with Crippen molar-refractivity contribution in [3.63, 3.8) is 0 Å². The number of ether oxygens (including phenoxy) is 3. The number of allylic oxidation sites excluding steroid dienone is 1. The molecule has 1 saturated heterocycles. The third-order valence-electron chi connectivity index (χ3n) is 6.25. The number of nitriles is 1. The fraction of sp³-hybridized carbons (Fsp3) is 0.417. The topological polar surface area (TPSA) is 104 Å². The van der Waals surface area contributed by atoms with Crippen LogP contribution in [0.25, 0.3) is 0 Å². The number of rotatable bonds is 6. The minimum absolute atomic E-state index is 0.0170. The van der Waals surface area contributed by atoms with Gasteiger partial charge < -0.3 is 29.4 Å². The van der Waals surface area contributed by atoms with Crippen LogP contribution in [0.3, 0.4) is 0 Å². The van der Waals surface area contributed by atoms with Gasteiger partial charge in [0.15, 0.2) is 0 Å². The number of benzene rings is 1. The van der Waals surface area contributed by atoms with Crippen LogP contribution >= 0.6 is 0 Å². The van der Waals surface area contributed by atoms with E-state index < -0.39 is 5.92 Å². The highest BCUT2D eigenvalue weighted by Crippen LogP contribution is 2.43. The summed E-state index contributed by atoms with van der Waals surface area (Å²) < 4.78 is 18.5. The molecule has 2 aliphatic rings. The van der Waals surface area contributed by atoms with Gasteiger partial charge in [-0.15, -0.1) is 0 Å². The fourth-order valence-corrected chi connectivity index (χ4v) is 4.58. The Morgan fingerprint density at radius 3 is 2.78 bits per heavy atom. The Morgan fingerprint density at radius 2 is 2.06 bits per heavy atom. The van der Waals surface area contributed by atoms with Crippen molar-refractivity contribution in [3.05, 3.63) is 69.0 Å². The van der Waals surface area contributed by atoms with Crippen LogP contribution in [0.1, 0.15) is 29.2 Å². The maximum absolute atomic E-state index is 13.7. The predicted octanol–water partition coefficient (Wildman–Crippen LogP) is 0.689. The van der Waals surface area contributed by atoms with E-state index in [4.69, 9.17) is 19.9 Å². The summed E-state index contributed by atoms with van der Waals surface area (Å²) in [6.07, 6.45) is 0.873. The summed E-state index contributed by atoms with van der Waals surface area (Å²) in [5.74, 6) is 0.357. The second-order valence-corrected chi connectivity index (χ2v) is 8.15. The highest BCUT2D eigenvalue weighted by Gasteiger charge is 2.35. The molecule has 0 saturated carbocycles. The van der Waals surface area contributed by atoms with Crippen LogP contribution in [0.15, 0.2) is 46.6 Å². The largest absolute Gasteiger partial charge is 0.496 e. The van der Waals surface area contributed by atoms with Gasteiger partial charge in [0, 0.05) is 30.3 Å². The van der Waals surface area contributed by atoms with Crippen molar-refractivity contribution in [2.45, 2.75) is 25.8 Å². The molecule has 1 atom stereocenters. The first-order valence-corrected chi connectivity index (χ1v) is 10.9. The molecule has 1 fully saturated rings. The molecule has 0 spiro atoms. The third-order valence-corrected chi connectivity index (χ3v) is 6.25.